The van der Waals surface area contributed by atoms with E-state index in [2.05, 4.69) is 15.6 Å². The fraction of sp³-hybridized carbons (Fsp3) is 0.263. The van der Waals surface area contributed by atoms with Crippen LogP contribution in [0.25, 0.3) is 21.0 Å². The number of benzene rings is 1. The van der Waals surface area contributed by atoms with Gasteiger partial charge in [0, 0.05) is 5.54 Å². The second-order valence-corrected chi connectivity index (χ2v) is 8.01. The highest BCUT2D eigenvalue weighted by molar-refractivity contribution is 7.21. The van der Waals surface area contributed by atoms with Crippen molar-refractivity contribution in [1.82, 2.24) is 15.6 Å². The van der Waals surface area contributed by atoms with Gasteiger partial charge in [0.1, 0.15) is 0 Å². The molecular formula is C19H19N3O5S. The third kappa shape index (κ3) is 4.95. The van der Waals surface area contributed by atoms with Gasteiger partial charge in [0.05, 0.1) is 10.2 Å². The van der Waals surface area contributed by atoms with Crippen LogP contribution in [0.1, 0.15) is 31.3 Å². The largest absolute Gasteiger partial charge is 0.450 e. The number of carbonyl (C=O) groups excluding carboxylic acids is 3. The lowest BCUT2D eigenvalue weighted by Crippen LogP contribution is -2.49. The standard InChI is InChI=1S/C19H19N3O5S/c1-19(2,3)22-18(25)21-15(23)10-26-17(24)13-9-8-12(27-13)16-20-11-6-4-5-7-14(11)28-16/h4-9H,10H2,1-3H3,(H2,21,22,23,25). The van der Waals surface area contributed by atoms with Gasteiger partial charge >= 0.3 is 12.0 Å². The van der Waals surface area contributed by atoms with Crippen molar-refractivity contribution in [1.29, 1.82) is 0 Å². The number of furan rings is 1. The third-order valence-electron chi connectivity index (χ3n) is 3.39. The van der Waals surface area contributed by atoms with Crippen molar-refractivity contribution in [2.24, 2.45) is 0 Å². The minimum Gasteiger partial charge on any atom is -0.450 e. The summed E-state index contributed by atoms with van der Waals surface area (Å²) in [6, 6.07) is 10.1. The number of aromatic nitrogens is 1. The molecule has 3 aromatic rings. The van der Waals surface area contributed by atoms with Crippen LogP contribution in [-0.2, 0) is 9.53 Å². The second-order valence-electron chi connectivity index (χ2n) is 6.98. The molecule has 0 spiro atoms. The monoisotopic (exact) mass is 401 g/mol. The predicted octanol–water partition coefficient (Wildman–Crippen LogP) is 3.34. The first kappa shape index (κ1) is 19.6. The van der Waals surface area contributed by atoms with Gasteiger partial charge in [-0.15, -0.1) is 11.3 Å². The van der Waals surface area contributed by atoms with E-state index in [-0.39, 0.29) is 5.76 Å². The van der Waals surface area contributed by atoms with Gasteiger partial charge in [-0.3, -0.25) is 10.1 Å². The SMILES string of the molecule is CC(C)(C)NC(=O)NC(=O)COC(=O)c1ccc(-c2nc3ccccc3s2)o1. The van der Waals surface area contributed by atoms with E-state index >= 15 is 0 Å². The highest BCUT2D eigenvalue weighted by Crippen LogP contribution is 2.31. The third-order valence-corrected chi connectivity index (χ3v) is 4.44. The summed E-state index contributed by atoms with van der Waals surface area (Å²) in [7, 11) is 0. The normalized spacial score (nSPS) is 11.2. The molecule has 8 nitrogen and oxygen atoms in total. The first-order valence-electron chi connectivity index (χ1n) is 8.46. The Kier molecular flexibility index (Phi) is 5.46. The number of carbonyl (C=O) groups is 3. The van der Waals surface area contributed by atoms with Crippen LogP contribution in [0.4, 0.5) is 4.79 Å². The summed E-state index contributed by atoms with van der Waals surface area (Å²) in [6.07, 6.45) is 0. The molecule has 146 valence electrons. The maximum Gasteiger partial charge on any atom is 0.374 e. The molecule has 28 heavy (non-hydrogen) atoms. The quantitative estimate of drug-likeness (QED) is 0.649. The van der Waals surface area contributed by atoms with E-state index in [1.54, 1.807) is 26.8 Å². The lowest BCUT2D eigenvalue weighted by Gasteiger charge is -2.20. The van der Waals surface area contributed by atoms with Gasteiger partial charge < -0.3 is 14.5 Å². The molecule has 0 aliphatic rings. The fourth-order valence-corrected chi connectivity index (χ4v) is 3.20. The molecular weight excluding hydrogens is 382 g/mol. The lowest BCUT2D eigenvalue weighted by molar-refractivity contribution is -0.123. The number of nitrogens with zero attached hydrogens (tertiary/aromatic N) is 1. The molecule has 0 aliphatic carbocycles. The van der Waals surface area contributed by atoms with E-state index in [4.69, 9.17) is 9.15 Å². The zero-order chi connectivity index (χ0) is 20.3. The van der Waals surface area contributed by atoms with Crippen molar-refractivity contribution >= 4 is 39.5 Å². The molecule has 0 radical (unpaired) electrons. The molecule has 3 rings (SSSR count). The Morgan fingerprint density at radius 1 is 1.14 bits per heavy atom. The Morgan fingerprint density at radius 2 is 1.89 bits per heavy atom. The number of hydrogen-bond acceptors (Lipinski definition) is 7. The highest BCUT2D eigenvalue weighted by atomic mass is 32.1. The summed E-state index contributed by atoms with van der Waals surface area (Å²) >= 11 is 1.44. The molecule has 2 aromatic heterocycles. The van der Waals surface area contributed by atoms with E-state index < -0.39 is 30.1 Å². The number of urea groups is 1. The minimum absolute atomic E-state index is 0.0544. The van der Waals surface area contributed by atoms with Crippen LogP contribution < -0.4 is 10.6 Å². The molecule has 0 bridgehead atoms. The first-order chi connectivity index (χ1) is 13.2. The number of ether oxygens (including phenoxy) is 1. The average molecular weight is 401 g/mol. The van der Waals surface area contributed by atoms with Gasteiger partial charge in [-0.1, -0.05) is 12.1 Å². The second kappa shape index (κ2) is 7.81. The Bertz CT molecular complexity index is 999. The molecule has 0 aliphatic heterocycles. The molecule has 9 heteroatoms. The fourth-order valence-electron chi connectivity index (χ4n) is 2.28. The van der Waals surface area contributed by atoms with Gasteiger partial charge in [-0.2, -0.15) is 0 Å². The maximum absolute atomic E-state index is 12.1. The van der Waals surface area contributed by atoms with Gasteiger partial charge in [0.2, 0.25) is 5.76 Å². The van der Waals surface area contributed by atoms with Crippen molar-refractivity contribution in [3.63, 3.8) is 0 Å². The number of amides is 3. The number of hydrogen-bond donors (Lipinski definition) is 2. The van der Waals surface area contributed by atoms with Crippen molar-refractivity contribution in [2.45, 2.75) is 26.3 Å². The molecule has 0 saturated carbocycles. The number of imide groups is 1. The zero-order valence-corrected chi connectivity index (χ0v) is 16.4. The Morgan fingerprint density at radius 3 is 2.61 bits per heavy atom. The van der Waals surface area contributed by atoms with E-state index in [1.807, 2.05) is 24.3 Å². The number of rotatable bonds is 4. The van der Waals surface area contributed by atoms with Crippen LogP contribution in [0.15, 0.2) is 40.8 Å². The summed E-state index contributed by atoms with van der Waals surface area (Å²) in [5.74, 6) is -1.17. The molecule has 2 N–H and O–H groups in total. The minimum atomic E-state index is -0.807. The Labute approximate surface area is 164 Å². The molecule has 0 atom stereocenters. The highest BCUT2D eigenvalue weighted by Gasteiger charge is 2.19. The number of esters is 1. The topological polar surface area (TPSA) is 111 Å². The number of fused-ring (bicyclic) bond motifs is 1. The summed E-state index contributed by atoms with van der Waals surface area (Å²) in [5.41, 5.74) is 0.347. The summed E-state index contributed by atoms with van der Waals surface area (Å²) < 4.78 is 11.4. The van der Waals surface area contributed by atoms with Crippen molar-refractivity contribution in [3.05, 3.63) is 42.2 Å². The van der Waals surface area contributed by atoms with Crippen molar-refractivity contribution in [3.8, 4) is 10.8 Å². The lowest BCUT2D eigenvalue weighted by atomic mass is 10.1. The Hall–Kier alpha value is -3.20. The molecule has 0 unspecified atom stereocenters. The van der Waals surface area contributed by atoms with E-state index in [0.29, 0.717) is 10.8 Å². The van der Waals surface area contributed by atoms with E-state index in [1.165, 1.54) is 17.4 Å². The number of nitrogens with one attached hydrogen (secondary N) is 2. The van der Waals surface area contributed by atoms with Crippen molar-refractivity contribution in [2.75, 3.05) is 6.61 Å². The van der Waals surface area contributed by atoms with Gasteiger partial charge in [0.15, 0.2) is 17.4 Å². The van der Waals surface area contributed by atoms with Gasteiger partial charge in [-0.05, 0) is 45.0 Å². The van der Waals surface area contributed by atoms with Gasteiger partial charge in [-0.25, -0.2) is 14.6 Å². The smallest absolute Gasteiger partial charge is 0.374 e. The van der Waals surface area contributed by atoms with Gasteiger partial charge in [0.25, 0.3) is 5.91 Å². The molecule has 1 aromatic carbocycles. The van der Waals surface area contributed by atoms with Crippen molar-refractivity contribution < 1.29 is 23.5 Å². The molecule has 0 saturated heterocycles. The summed E-state index contributed by atoms with van der Waals surface area (Å²) in [4.78, 5) is 39.8. The van der Waals surface area contributed by atoms with Crippen LogP contribution in [0.3, 0.4) is 0 Å². The van der Waals surface area contributed by atoms with Crippen LogP contribution in [0, 0.1) is 0 Å². The predicted molar refractivity (Wildman–Crippen MR) is 104 cm³/mol. The van der Waals surface area contributed by atoms with Crippen LogP contribution in [0.5, 0.6) is 0 Å². The van der Waals surface area contributed by atoms with E-state index in [0.717, 1.165) is 10.2 Å². The first-order valence-corrected chi connectivity index (χ1v) is 9.28. The molecule has 3 amide bonds. The van der Waals surface area contributed by atoms with E-state index in [9.17, 15) is 14.4 Å². The Balaban J connectivity index is 1.57. The summed E-state index contributed by atoms with van der Waals surface area (Å²) in [6.45, 7) is 4.72. The van der Waals surface area contributed by atoms with Crippen LogP contribution in [0.2, 0.25) is 0 Å². The summed E-state index contributed by atoms with van der Waals surface area (Å²) in [5, 5.41) is 5.29. The van der Waals surface area contributed by atoms with Crippen LogP contribution in [-0.4, -0.2) is 35.0 Å². The maximum atomic E-state index is 12.1. The molecule has 0 fully saturated rings. The average Bonchev–Trinajstić information content (AvgIpc) is 3.24. The number of thiazole rings is 1. The number of para-hydroxylation sites is 1. The zero-order valence-electron chi connectivity index (χ0n) is 15.6. The molecule has 2 heterocycles. The van der Waals surface area contributed by atoms with Crippen LogP contribution >= 0.6 is 11.3 Å².